The first-order chi connectivity index (χ1) is 15.1. The Morgan fingerprint density at radius 3 is 2.19 bits per heavy atom. The first-order valence-corrected chi connectivity index (χ1v) is 12.3. The predicted octanol–water partition coefficient (Wildman–Crippen LogP) is 3.08. The van der Waals surface area contributed by atoms with Crippen LogP contribution in [0.15, 0.2) is 29.2 Å². The van der Waals surface area contributed by atoms with Crippen LogP contribution in [-0.4, -0.2) is 67.3 Å². The summed E-state index contributed by atoms with van der Waals surface area (Å²) < 4.78 is 32.5. The van der Waals surface area contributed by atoms with Gasteiger partial charge in [0.25, 0.3) is 5.91 Å². The van der Waals surface area contributed by atoms with E-state index in [0.717, 1.165) is 5.56 Å². The molecule has 1 aliphatic rings. The first kappa shape index (κ1) is 24.0. The third-order valence-corrected chi connectivity index (χ3v) is 7.75. The van der Waals surface area contributed by atoms with Crippen molar-refractivity contribution in [2.45, 2.75) is 45.4 Å². The van der Waals surface area contributed by atoms with Crippen LogP contribution in [-0.2, 0) is 14.8 Å². The van der Waals surface area contributed by atoms with Crippen LogP contribution in [0.1, 0.15) is 64.4 Å². The number of aromatic amines is 1. The average molecular weight is 462 g/mol. The Kier molecular flexibility index (Phi) is 7.09. The van der Waals surface area contributed by atoms with Crippen molar-refractivity contribution in [2.75, 3.05) is 32.8 Å². The van der Waals surface area contributed by atoms with Crippen LogP contribution in [0.2, 0.25) is 0 Å². The second-order valence-electron chi connectivity index (χ2n) is 8.27. The molecular formula is C23H31N3O5S. The second kappa shape index (κ2) is 9.46. The highest BCUT2D eigenvalue weighted by atomic mass is 32.2. The third-order valence-electron chi connectivity index (χ3n) is 5.84. The summed E-state index contributed by atoms with van der Waals surface area (Å²) in [6.07, 6.45) is 0. The van der Waals surface area contributed by atoms with Crippen molar-refractivity contribution in [3.05, 3.63) is 52.3 Å². The summed E-state index contributed by atoms with van der Waals surface area (Å²) in [5, 5.41) is 0. The van der Waals surface area contributed by atoms with Gasteiger partial charge in [0.15, 0.2) is 0 Å². The Bertz CT molecular complexity index is 1100. The van der Waals surface area contributed by atoms with E-state index < -0.39 is 16.0 Å². The van der Waals surface area contributed by atoms with Gasteiger partial charge in [-0.25, -0.2) is 13.2 Å². The fraction of sp³-hybridized carbons (Fsp3) is 0.478. The number of piperazine rings is 1. The van der Waals surface area contributed by atoms with Crippen molar-refractivity contribution in [1.82, 2.24) is 14.2 Å². The number of sulfonamides is 1. The molecule has 1 saturated heterocycles. The Morgan fingerprint density at radius 2 is 1.66 bits per heavy atom. The minimum absolute atomic E-state index is 0.212. The molecule has 0 unspecified atom stereocenters. The zero-order valence-corrected chi connectivity index (χ0v) is 20.1. The van der Waals surface area contributed by atoms with E-state index in [1.165, 1.54) is 4.31 Å². The number of aryl methyl sites for hydroxylation is 1. The number of benzene rings is 1. The maximum absolute atomic E-state index is 13.1. The zero-order valence-electron chi connectivity index (χ0n) is 19.3. The molecule has 8 nitrogen and oxygen atoms in total. The van der Waals surface area contributed by atoms with Gasteiger partial charge in [-0.05, 0) is 49.9 Å². The first-order valence-electron chi connectivity index (χ1n) is 10.8. The van der Waals surface area contributed by atoms with Crippen LogP contribution in [0.3, 0.4) is 0 Å². The lowest BCUT2D eigenvalue weighted by atomic mass is 10.0. The maximum atomic E-state index is 13.1. The van der Waals surface area contributed by atoms with E-state index in [-0.39, 0.29) is 43.6 Å². The lowest BCUT2D eigenvalue weighted by Crippen LogP contribution is -2.50. The highest BCUT2D eigenvalue weighted by molar-refractivity contribution is 7.89. The largest absolute Gasteiger partial charge is 0.462 e. The van der Waals surface area contributed by atoms with Crippen LogP contribution in [0.5, 0.6) is 0 Å². The van der Waals surface area contributed by atoms with Gasteiger partial charge in [0.2, 0.25) is 10.0 Å². The minimum atomic E-state index is -3.62. The summed E-state index contributed by atoms with van der Waals surface area (Å²) in [6.45, 7) is 10.5. The van der Waals surface area contributed by atoms with Gasteiger partial charge in [-0.2, -0.15) is 4.31 Å². The Labute approximate surface area is 189 Å². The molecule has 2 heterocycles. The molecule has 1 N–H and O–H groups in total. The molecule has 1 aliphatic heterocycles. The lowest BCUT2D eigenvalue weighted by Gasteiger charge is -2.34. The van der Waals surface area contributed by atoms with E-state index in [1.807, 2.05) is 12.1 Å². The maximum Gasteiger partial charge on any atom is 0.340 e. The molecule has 0 bridgehead atoms. The quantitative estimate of drug-likeness (QED) is 0.667. The molecule has 1 aromatic heterocycles. The van der Waals surface area contributed by atoms with Crippen LogP contribution < -0.4 is 0 Å². The number of amides is 1. The number of H-pyrrole nitrogens is 1. The number of carbonyl (C=O) groups excluding carboxylic acids is 2. The monoisotopic (exact) mass is 461 g/mol. The molecule has 0 spiro atoms. The second-order valence-corrected chi connectivity index (χ2v) is 10.2. The van der Waals surface area contributed by atoms with Crippen molar-refractivity contribution in [2.24, 2.45) is 0 Å². The summed E-state index contributed by atoms with van der Waals surface area (Å²) >= 11 is 0. The van der Waals surface area contributed by atoms with Crippen molar-refractivity contribution in [3.63, 3.8) is 0 Å². The summed E-state index contributed by atoms with van der Waals surface area (Å²) in [6, 6.07) is 6.97. The van der Waals surface area contributed by atoms with Crippen molar-refractivity contribution < 1.29 is 22.7 Å². The highest BCUT2D eigenvalue weighted by Gasteiger charge is 2.32. The molecule has 1 fully saturated rings. The molecule has 32 heavy (non-hydrogen) atoms. The number of nitrogens with zero attached hydrogens (tertiary/aromatic N) is 2. The zero-order chi connectivity index (χ0) is 23.6. The SMILES string of the molecule is CCOC(=O)c1c(C)[nH]c(C(=O)N2CCN(S(=O)(=O)c3ccc(C(C)C)cc3)CC2)c1C. The van der Waals surface area contributed by atoms with E-state index in [4.69, 9.17) is 4.74 Å². The molecule has 0 atom stereocenters. The molecule has 174 valence electrons. The molecule has 0 radical (unpaired) electrons. The number of hydrogen-bond acceptors (Lipinski definition) is 5. The van der Waals surface area contributed by atoms with Gasteiger partial charge < -0.3 is 14.6 Å². The summed E-state index contributed by atoms with van der Waals surface area (Å²) in [7, 11) is -3.62. The van der Waals surface area contributed by atoms with Crippen LogP contribution in [0.4, 0.5) is 0 Å². The van der Waals surface area contributed by atoms with Gasteiger partial charge in [-0.1, -0.05) is 26.0 Å². The van der Waals surface area contributed by atoms with E-state index >= 15 is 0 Å². The van der Waals surface area contributed by atoms with Gasteiger partial charge in [-0.15, -0.1) is 0 Å². The van der Waals surface area contributed by atoms with Crippen LogP contribution in [0, 0.1) is 13.8 Å². The van der Waals surface area contributed by atoms with Gasteiger partial charge in [0.05, 0.1) is 17.1 Å². The van der Waals surface area contributed by atoms with E-state index in [9.17, 15) is 18.0 Å². The van der Waals surface area contributed by atoms with Crippen LogP contribution >= 0.6 is 0 Å². The van der Waals surface area contributed by atoms with Crippen molar-refractivity contribution >= 4 is 21.9 Å². The number of rotatable bonds is 6. The molecule has 1 aromatic carbocycles. The van der Waals surface area contributed by atoms with Crippen molar-refractivity contribution in [1.29, 1.82) is 0 Å². The summed E-state index contributed by atoms with van der Waals surface area (Å²) in [4.78, 5) is 30.2. The summed E-state index contributed by atoms with van der Waals surface area (Å²) in [5.74, 6) is -0.387. The van der Waals surface area contributed by atoms with Gasteiger partial charge in [-0.3, -0.25) is 4.79 Å². The molecule has 0 saturated carbocycles. The van der Waals surface area contributed by atoms with E-state index in [0.29, 0.717) is 28.4 Å². The lowest BCUT2D eigenvalue weighted by molar-refractivity contribution is 0.0525. The molecule has 2 aromatic rings. The standard InChI is InChI=1S/C23H31N3O5S/c1-6-31-23(28)20-16(4)21(24-17(20)5)22(27)25-11-13-26(14-12-25)32(29,30)19-9-7-18(8-10-19)15(2)3/h7-10,15,24H,6,11-14H2,1-5H3. The number of ether oxygens (including phenoxy) is 1. The number of hydrogen-bond donors (Lipinski definition) is 1. The Hall–Kier alpha value is -2.65. The van der Waals surface area contributed by atoms with Gasteiger partial charge in [0, 0.05) is 31.9 Å². The predicted molar refractivity (Wildman–Crippen MR) is 121 cm³/mol. The Balaban J connectivity index is 1.71. The van der Waals surface area contributed by atoms with E-state index in [2.05, 4.69) is 18.8 Å². The smallest absolute Gasteiger partial charge is 0.340 e. The molecule has 9 heteroatoms. The van der Waals surface area contributed by atoms with Gasteiger partial charge >= 0.3 is 5.97 Å². The Morgan fingerprint density at radius 1 is 1.06 bits per heavy atom. The fourth-order valence-electron chi connectivity index (χ4n) is 3.94. The number of carbonyl (C=O) groups is 2. The third kappa shape index (κ3) is 4.59. The summed E-state index contributed by atoms with van der Waals surface area (Å²) in [5.41, 5.74) is 2.92. The average Bonchev–Trinajstić information content (AvgIpc) is 3.07. The molecular weight excluding hydrogens is 430 g/mol. The molecule has 0 aliphatic carbocycles. The van der Waals surface area contributed by atoms with Crippen molar-refractivity contribution in [3.8, 4) is 0 Å². The number of aromatic nitrogens is 1. The van der Waals surface area contributed by atoms with Crippen LogP contribution in [0.25, 0.3) is 0 Å². The fourth-order valence-corrected chi connectivity index (χ4v) is 5.36. The minimum Gasteiger partial charge on any atom is -0.462 e. The highest BCUT2D eigenvalue weighted by Crippen LogP contribution is 2.24. The number of nitrogens with one attached hydrogen (secondary N) is 1. The molecule has 3 rings (SSSR count). The number of esters is 1. The van der Waals surface area contributed by atoms with Gasteiger partial charge in [0.1, 0.15) is 5.69 Å². The topological polar surface area (TPSA) is 99.8 Å². The van der Waals surface area contributed by atoms with E-state index in [1.54, 1.807) is 37.8 Å². The normalized spacial score (nSPS) is 15.2. The molecule has 1 amide bonds.